The van der Waals surface area contributed by atoms with Gasteiger partial charge in [-0.15, -0.1) is 0 Å². The maximum atomic E-state index is 13.4. The molecule has 2 N–H and O–H groups in total. The number of nitrogens with zero attached hydrogens (tertiary/aromatic N) is 2. The zero-order valence-corrected chi connectivity index (χ0v) is 9.96. The molecule has 1 heterocycles. The zero-order valence-electron chi connectivity index (χ0n) is 9.96. The zero-order chi connectivity index (χ0) is 14.0. The highest BCUT2D eigenvalue weighted by Gasteiger charge is 2.15. The molecule has 0 spiro atoms. The van der Waals surface area contributed by atoms with Crippen molar-refractivity contribution in [3.05, 3.63) is 52.0 Å². The Kier molecular flexibility index (Phi) is 3.28. The Morgan fingerprint density at radius 3 is 2.74 bits per heavy atom. The van der Waals surface area contributed by atoms with Crippen LogP contribution in [0.15, 0.2) is 30.5 Å². The second-order valence-corrected chi connectivity index (χ2v) is 3.86. The standard InChI is InChI=1S/C12H10FN3O3/c1-7-4-8(14)6-15-12(7)19-9-2-3-11(16(17)18)10(13)5-9/h2-6H,14H2,1H3. The van der Waals surface area contributed by atoms with Crippen LogP contribution < -0.4 is 10.5 Å². The lowest BCUT2D eigenvalue weighted by Gasteiger charge is -2.07. The third-order valence-corrected chi connectivity index (χ3v) is 2.38. The number of nitro groups is 1. The Labute approximate surface area is 107 Å². The molecule has 0 bridgehead atoms. The van der Waals surface area contributed by atoms with E-state index >= 15 is 0 Å². The van der Waals surface area contributed by atoms with Gasteiger partial charge in [0.2, 0.25) is 11.7 Å². The number of nitrogen functional groups attached to an aromatic ring is 1. The van der Waals surface area contributed by atoms with Crippen LogP contribution in [0, 0.1) is 22.9 Å². The van der Waals surface area contributed by atoms with Crippen LogP contribution in [0.2, 0.25) is 0 Å². The summed E-state index contributed by atoms with van der Waals surface area (Å²) in [5.74, 6) is -0.568. The molecule has 6 nitrogen and oxygen atoms in total. The minimum Gasteiger partial charge on any atom is -0.439 e. The average molecular weight is 263 g/mol. The number of hydrogen-bond acceptors (Lipinski definition) is 5. The minimum atomic E-state index is -0.962. The maximum Gasteiger partial charge on any atom is 0.305 e. The molecule has 0 unspecified atom stereocenters. The van der Waals surface area contributed by atoms with E-state index in [2.05, 4.69) is 4.98 Å². The number of benzene rings is 1. The van der Waals surface area contributed by atoms with Crippen molar-refractivity contribution >= 4 is 11.4 Å². The summed E-state index contributed by atoms with van der Waals surface area (Å²) in [7, 11) is 0. The van der Waals surface area contributed by atoms with Crippen molar-refractivity contribution in [2.75, 3.05) is 5.73 Å². The molecule has 0 saturated carbocycles. The van der Waals surface area contributed by atoms with Gasteiger partial charge in [-0.2, -0.15) is 4.39 Å². The molecular weight excluding hydrogens is 253 g/mol. The summed E-state index contributed by atoms with van der Waals surface area (Å²) in [6.45, 7) is 1.74. The quantitative estimate of drug-likeness (QED) is 0.679. The summed E-state index contributed by atoms with van der Waals surface area (Å²) in [5.41, 5.74) is 6.11. The van der Waals surface area contributed by atoms with E-state index in [1.54, 1.807) is 13.0 Å². The topological polar surface area (TPSA) is 91.3 Å². The van der Waals surface area contributed by atoms with Gasteiger partial charge in [-0.25, -0.2) is 4.98 Å². The van der Waals surface area contributed by atoms with Crippen molar-refractivity contribution in [2.45, 2.75) is 6.92 Å². The normalized spacial score (nSPS) is 10.2. The SMILES string of the molecule is Cc1cc(N)cnc1Oc1ccc([N+](=O)[O-])c(F)c1. The van der Waals surface area contributed by atoms with Crippen molar-refractivity contribution in [3.63, 3.8) is 0 Å². The predicted molar refractivity (Wildman–Crippen MR) is 66.5 cm³/mol. The van der Waals surface area contributed by atoms with Crippen molar-refractivity contribution in [1.82, 2.24) is 4.98 Å². The minimum absolute atomic E-state index is 0.128. The molecule has 0 amide bonds. The molecule has 0 aliphatic rings. The molecule has 1 aromatic heterocycles. The van der Waals surface area contributed by atoms with E-state index in [1.807, 2.05) is 0 Å². The molecule has 0 saturated heterocycles. The first-order valence-corrected chi connectivity index (χ1v) is 5.31. The Hall–Kier alpha value is -2.70. The van der Waals surface area contributed by atoms with Gasteiger partial charge in [0.25, 0.3) is 0 Å². The van der Waals surface area contributed by atoms with E-state index < -0.39 is 16.4 Å². The fourth-order valence-electron chi connectivity index (χ4n) is 1.50. The average Bonchev–Trinajstić information content (AvgIpc) is 2.32. The van der Waals surface area contributed by atoms with Crippen LogP contribution in [0.3, 0.4) is 0 Å². The van der Waals surface area contributed by atoms with E-state index in [4.69, 9.17) is 10.5 Å². The molecule has 2 rings (SSSR count). The van der Waals surface area contributed by atoms with Gasteiger partial charge in [0.05, 0.1) is 16.8 Å². The summed E-state index contributed by atoms with van der Waals surface area (Å²) in [5, 5.41) is 10.5. The molecule has 7 heteroatoms. The van der Waals surface area contributed by atoms with Crippen LogP contribution in [0.25, 0.3) is 0 Å². The van der Waals surface area contributed by atoms with E-state index in [0.29, 0.717) is 11.3 Å². The van der Waals surface area contributed by atoms with Gasteiger partial charge < -0.3 is 10.5 Å². The summed E-state index contributed by atoms with van der Waals surface area (Å²) >= 11 is 0. The molecule has 0 aliphatic carbocycles. The number of nitro benzene ring substituents is 1. The number of pyridine rings is 1. The van der Waals surface area contributed by atoms with Crippen LogP contribution in [0.4, 0.5) is 15.8 Å². The molecule has 0 fully saturated rings. The van der Waals surface area contributed by atoms with E-state index in [9.17, 15) is 14.5 Å². The van der Waals surface area contributed by atoms with E-state index in [0.717, 1.165) is 12.1 Å². The monoisotopic (exact) mass is 263 g/mol. The number of aryl methyl sites for hydroxylation is 1. The van der Waals surface area contributed by atoms with Crippen LogP contribution in [-0.4, -0.2) is 9.91 Å². The summed E-state index contributed by atoms with van der Waals surface area (Å²) in [6, 6.07) is 4.94. The highest BCUT2D eigenvalue weighted by atomic mass is 19.1. The van der Waals surface area contributed by atoms with Crippen molar-refractivity contribution in [3.8, 4) is 11.6 Å². The van der Waals surface area contributed by atoms with Crippen LogP contribution in [0.1, 0.15) is 5.56 Å². The Balaban J connectivity index is 2.29. The first-order chi connectivity index (χ1) is 8.97. The lowest BCUT2D eigenvalue weighted by molar-refractivity contribution is -0.387. The first kappa shape index (κ1) is 12.7. The van der Waals surface area contributed by atoms with Crippen molar-refractivity contribution in [2.24, 2.45) is 0 Å². The molecule has 19 heavy (non-hydrogen) atoms. The number of hydrogen-bond donors (Lipinski definition) is 1. The lowest BCUT2D eigenvalue weighted by atomic mass is 10.2. The Morgan fingerprint density at radius 1 is 1.42 bits per heavy atom. The van der Waals surface area contributed by atoms with Gasteiger partial charge in [0.15, 0.2) is 0 Å². The van der Waals surface area contributed by atoms with Crippen molar-refractivity contribution in [1.29, 1.82) is 0 Å². The lowest BCUT2D eigenvalue weighted by Crippen LogP contribution is -1.96. The molecule has 2 aromatic rings. The number of nitrogens with two attached hydrogens (primary N) is 1. The molecule has 0 radical (unpaired) electrons. The second-order valence-electron chi connectivity index (χ2n) is 3.86. The number of aromatic nitrogens is 1. The largest absolute Gasteiger partial charge is 0.439 e. The first-order valence-electron chi connectivity index (χ1n) is 5.31. The van der Waals surface area contributed by atoms with Crippen LogP contribution >= 0.6 is 0 Å². The van der Waals surface area contributed by atoms with Gasteiger partial charge in [-0.3, -0.25) is 10.1 Å². The van der Waals surface area contributed by atoms with Gasteiger partial charge in [-0.05, 0) is 19.1 Å². The Morgan fingerprint density at radius 2 is 2.16 bits per heavy atom. The van der Waals surface area contributed by atoms with Crippen molar-refractivity contribution < 1.29 is 14.1 Å². The van der Waals surface area contributed by atoms with Gasteiger partial charge >= 0.3 is 5.69 Å². The predicted octanol–water partition coefficient (Wildman–Crippen LogP) is 2.81. The van der Waals surface area contributed by atoms with E-state index in [1.165, 1.54) is 12.3 Å². The number of ether oxygens (including phenoxy) is 1. The highest BCUT2D eigenvalue weighted by Crippen LogP contribution is 2.27. The van der Waals surface area contributed by atoms with Gasteiger partial charge in [0.1, 0.15) is 5.75 Å². The van der Waals surface area contributed by atoms with Gasteiger partial charge in [-0.1, -0.05) is 0 Å². The number of anilines is 1. The smallest absolute Gasteiger partial charge is 0.305 e. The molecule has 0 aliphatic heterocycles. The molecule has 0 atom stereocenters. The maximum absolute atomic E-state index is 13.4. The molecule has 98 valence electrons. The summed E-state index contributed by atoms with van der Waals surface area (Å²) in [6.07, 6.45) is 1.41. The van der Waals surface area contributed by atoms with E-state index in [-0.39, 0.29) is 11.6 Å². The van der Waals surface area contributed by atoms with Gasteiger partial charge in [0, 0.05) is 17.7 Å². The fourth-order valence-corrected chi connectivity index (χ4v) is 1.50. The third kappa shape index (κ3) is 2.76. The second kappa shape index (κ2) is 4.89. The third-order valence-electron chi connectivity index (χ3n) is 2.38. The highest BCUT2D eigenvalue weighted by molar-refractivity contribution is 5.44. The summed E-state index contributed by atoms with van der Waals surface area (Å²) < 4.78 is 18.8. The fraction of sp³-hybridized carbons (Fsp3) is 0.0833. The van der Waals surface area contributed by atoms with Crippen LogP contribution in [-0.2, 0) is 0 Å². The van der Waals surface area contributed by atoms with Crippen LogP contribution in [0.5, 0.6) is 11.6 Å². The molecule has 1 aromatic carbocycles. The molecular formula is C12H10FN3O3. The number of rotatable bonds is 3. The number of halogens is 1. The summed E-state index contributed by atoms with van der Waals surface area (Å²) in [4.78, 5) is 13.6. The Bertz CT molecular complexity index is 646.